The second-order valence-corrected chi connectivity index (χ2v) is 7.97. The largest absolute Gasteiger partial charge is 0.416 e. The van der Waals surface area contributed by atoms with Gasteiger partial charge in [-0.3, -0.25) is 0 Å². The summed E-state index contributed by atoms with van der Waals surface area (Å²) in [6.45, 7) is 2.33. The highest BCUT2D eigenvalue weighted by molar-refractivity contribution is 5.85. The van der Waals surface area contributed by atoms with Crippen LogP contribution in [0.1, 0.15) is 33.9 Å². The lowest BCUT2D eigenvalue weighted by molar-refractivity contribution is -0.143. The average molecular weight is 514 g/mol. The molecule has 1 N–H and O–H groups in total. The molecule has 1 saturated heterocycles. The quantitative estimate of drug-likeness (QED) is 0.527. The van der Waals surface area contributed by atoms with E-state index >= 15 is 0 Å². The van der Waals surface area contributed by atoms with Gasteiger partial charge in [-0.25, -0.2) is 9.18 Å². The smallest absolute Gasteiger partial charge is 0.323 e. The predicted molar refractivity (Wildman–Crippen MR) is 114 cm³/mol. The number of carbonyl (C=O) groups is 1. The van der Waals surface area contributed by atoms with Crippen LogP contribution in [0.2, 0.25) is 0 Å². The van der Waals surface area contributed by atoms with Crippen molar-refractivity contribution in [3.8, 4) is 0 Å². The average Bonchev–Trinajstić information content (AvgIpc) is 2.72. The number of alkyl halides is 6. The minimum absolute atomic E-state index is 0. The third kappa shape index (κ3) is 6.32. The fourth-order valence-corrected chi connectivity index (χ4v) is 3.90. The molecule has 34 heavy (non-hydrogen) atoms. The van der Waals surface area contributed by atoms with E-state index in [1.807, 2.05) is 0 Å². The van der Waals surface area contributed by atoms with Crippen molar-refractivity contribution in [2.75, 3.05) is 26.7 Å². The molecule has 2 aromatic carbocycles. The zero-order chi connectivity index (χ0) is 24.6. The Morgan fingerprint density at radius 3 is 2.18 bits per heavy atom. The Balaban J connectivity index is 0.00000408. The van der Waals surface area contributed by atoms with Gasteiger partial charge in [-0.2, -0.15) is 26.3 Å². The highest BCUT2D eigenvalue weighted by atomic mass is 35.5. The molecular formula is C22H23ClF7N3O. The summed E-state index contributed by atoms with van der Waals surface area (Å²) in [4.78, 5) is 15.7. The Kier molecular flexibility index (Phi) is 8.47. The summed E-state index contributed by atoms with van der Waals surface area (Å²) in [6, 6.07) is 4.40. The van der Waals surface area contributed by atoms with Crippen molar-refractivity contribution < 1.29 is 35.5 Å². The van der Waals surface area contributed by atoms with Crippen molar-refractivity contribution >= 4 is 18.4 Å². The number of halogens is 8. The molecule has 0 spiro atoms. The van der Waals surface area contributed by atoms with Gasteiger partial charge in [-0.05, 0) is 53.9 Å². The SMILES string of the molecule is Cc1cc(F)ccc1[C@@H]1CNCCN1C(=O)N(C)Cc1cc(C(F)(F)F)cc(C(F)(F)F)c1.Cl. The molecule has 0 radical (unpaired) electrons. The Bertz CT molecular complexity index is 994. The maximum Gasteiger partial charge on any atom is 0.416 e. The van der Waals surface area contributed by atoms with Gasteiger partial charge >= 0.3 is 18.4 Å². The van der Waals surface area contributed by atoms with Crippen LogP contribution >= 0.6 is 12.4 Å². The highest BCUT2D eigenvalue weighted by Crippen LogP contribution is 2.36. The van der Waals surface area contributed by atoms with Crippen LogP contribution in [-0.2, 0) is 18.9 Å². The molecule has 0 saturated carbocycles. The Morgan fingerprint density at radius 2 is 1.65 bits per heavy atom. The number of urea groups is 1. The molecule has 0 bridgehead atoms. The summed E-state index contributed by atoms with van der Waals surface area (Å²) in [5, 5.41) is 3.14. The number of hydrogen-bond acceptors (Lipinski definition) is 2. The molecule has 1 aliphatic heterocycles. The zero-order valence-corrected chi connectivity index (χ0v) is 19.0. The fourth-order valence-electron chi connectivity index (χ4n) is 3.90. The van der Waals surface area contributed by atoms with Crippen LogP contribution in [0.4, 0.5) is 35.5 Å². The van der Waals surface area contributed by atoms with Gasteiger partial charge in [0.15, 0.2) is 0 Å². The molecule has 1 heterocycles. The van der Waals surface area contributed by atoms with Gasteiger partial charge in [0.25, 0.3) is 0 Å². The molecule has 188 valence electrons. The number of hydrogen-bond donors (Lipinski definition) is 1. The minimum atomic E-state index is -4.97. The van der Waals surface area contributed by atoms with Gasteiger partial charge in [-0.1, -0.05) is 6.07 Å². The van der Waals surface area contributed by atoms with E-state index in [2.05, 4.69) is 5.32 Å². The number of benzene rings is 2. The Hall–Kier alpha value is -2.53. The number of nitrogens with zero attached hydrogens (tertiary/aromatic N) is 2. The van der Waals surface area contributed by atoms with Crippen LogP contribution in [-0.4, -0.2) is 42.5 Å². The summed E-state index contributed by atoms with van der Waals surface area (Å²) in [5.41, 5.74) is -1.84. The summed E-state index contributed by atoms with van der Waals surface area (Å²) in [6.07, 6.45) is -9.94. The van der Waals surface area contributed by atoms with Gasteiger partial charge in [0.05, 0.1) is 17.2 Å². The van der Waals surface area contributed by atoms with Crippen LogP contribution in [0.3, 0.4) is 0 Å². The molecule has 0 aromatic heterocycles. The minimum Gasteiger partial charge on any atom is -0.323 e. The predicted octanol–water partition coefficient (Wildman–Crippen LogP) is 5.79. The lowest BCUT2D eigenvalue weighted by Crippen LogP contribution is -2.52. The molecular weight excluding hydrogens is 491 g/mol. The summed E-state index contributed by atoms with van der Waals surface area (Å²) in [5.74, 6) is -0.431. The number of nitrogens with one attached hydrogen (secondary N) is 1. The molecule has 1 aliphatic rings. The monoisotopic (exact) mass is 513 g/mol. The number of carbonyl (C=O) groups excluding carboxylic acids is 1. The van der Waals surface area contributed by atoms with Crippen LogP contribution < -0.4 is 5.32 Å². The summed E-state index contributed by atoms with van der Waals surface area (Å²) in [7, 11) is 1.31. The lowest BCUT2D eigenvalue weighted by atomic mass is 9.98. The first-order valence-electron chi connectivity index (χ1n) is 10.0. The van der Waals surface area contributed by atoms with Crippen molar-refractivity contribution in [2.24, 2.45) is 0 Å². The normalized spacial score (nSPS) is 16.7. The second kappa shape index (κ2) is 10.4. The van der Waals surface area contributed by atoms with Crippen molar-refractivity contribution in [1.29, 1.82) is 0 Å². The third-order valence-corrected chi connectivity index (χ3v) is 5.47. The van der Waals surface area contributed by atoms with Crippen LogP contribution in [0.15, 0.2) is 36.4 Å². The highest BCUT2D eigenvalue weighted by Gasteiger charge is 2.37. The first-order chi connectivity index (χ1) is 15.3. The number of aryl methyl sites for hydroxylation is 1. The van der Waals surface area contributed by atoms with E-state index in [0.29, 0.717) is 36.3 Å². The van der Waals surface area contributed by atoms with E-state index in [-0.39, 0.29) is 30.6 Å². The Morgan fingerprint density at radius 1 is 1.06 bits per heavy atom. The van der Waals surface area contributed by atoms with E-state index in [1.54, 1.807) is 13.0 Å². The topological polar surface area (TPSA) is 35.6 Å². The molecule has 12 heteroatoms. The molecule has 2 aromatic rings. The third-order valence-electron chi connectivity index (χ3n) is 5.47. The molecule has 1 fully saturated rings. The van der Waals surface area contributed by atoms with E-state index in [9.17, 15) is 35.5 Å². The lowest BCUT2D eigenvalue weighted by Gasteiger charge is -2.39. The maximum absolute atomic E-state index is 13.5. The molecule has 4 nitrogen and oxygen atoms in total. The summed E-state index contributed by atoms with van der Waals surface area (Å²) >= 11 is 0. The van der Waals surface area contributed by atoms with Crippen molar-refractivity contribution in [3.05, 3.63) is 70.0 Å². The van der Waals surface area contributed by atoms with E-state index in [1.165, 1.54) is 24.1 Å². The molecule has 3 rings (SSSR count). The van der Waals surface area contributed by atoms with Crippen molar-refractivity contribution in [3.63, 3.8) is 0 Å². The van der Waals surface area contributed by atoms with Gasteiger partial charge < -0.3 is 15.1 Å². The molecule has 1 atom stereocenters. The van der Waals surface area contributed by atoms with Crippen LogP contribution in [0, 0.1) is 12.7 Å². The first kappa shape index (κ1) is 27.7. The number of amides is 2. The van der Waals surface area contributed by atoms with Crippen LogP contribution in [0.25, 0.3) is 0 Å². The fraction of sp³-hybridized carbons (Fsp3) is 0.409. The number of piperazine rings is 1. The zero-order valence-electron chi connectivity index (χ0n) is 18.2. The number of rotatable bonds is 3. The van der Waals surface area contributed by atoms with Crippen molar-refractivity contribution in [2.45, 2.75) is 31.9 Å². The van der Waals surface area contributed by atoms with Gasteiger partial charge in [0, 0.05) is 33.2 Å². The van der Waals surface area contributed by atoms with Gasteiger partial charge in [0.2, 0.25) is 0 Å². The van der Waals surface area contributed by atoms with Gasteiger partial charge in [-0.15, -0.1) is 12.4 Å². The first-order valence-corrected chi connectivity index (χ1v) is 10.0. The van der Waals surface area contributed by atoms with E-state index < -0.39 is 47.9 Å². The molecule has 0 unspecified atom stereocenters. The van der Waals surface area contributed by atoms with Gasteiger partial charge in [0.1, 0.15) is 5.82 Å². The van der Waals surface area contributed by atoms with E-state index in [0.717, 1.165) is 4.90 Å². The maximum atomic E-state index is 13.5. The standard InChI is InChI=1S/C22H22F7N3O.ClH/c1-13-7-17(23)3-4-18(13)19-11-30-5-6-32(19)20(33)31(2)12-14-8-15(21(24,25)26)10-16(9-14)22(27,28)29;/h3-4,7-10,19,30H,5-6,11-12H2,1-2H3;1H/t19-;/m0./s1. The Labute approximate surface area is 198 Å². The second-order valence-electron chi connectivity index (χ2n) is 7.97. The van der Waals surface area contributed by atoms with Crippen molar-refractivity contribution in [1.82, 2.24) is 15.1 Å². The molecule has 2 amide bonds. The van der Waals surface area contributed by atoms with Crippen LogP contribution in [0.5, 0.6) is 0 Å². The molecule has 0 aliphatic carbocycles. The summed E-state index contributed by atoms with van der Waals surface area (Å²) < 4.78 is 92.3. The van der Waals surface area contributed by atoms with E-state index in [4.69, 9.17) is 0 Å².